The minimum absolute atomic E-state index is 0. The summed E-state index contributed by atoms with van der Waals surface area (Å²) in [5.41, 5.74) is 2.20. The number of hydrogen-bond acceptors (Lipinski definition) is 8. The van der Waals surface area contributed by atoms with Gasteiger partial charge >= 0.3 is 5.97 Å². The summed E-state index contributed by atoms with van der Waals surface area (Å²) in [6.07, 6.45) is 2.52. The van der Waals surface area contributed by atoms with E-state index in [9.17, 15) is 24.0 Å². The first-order valence-corrected chi connectivity index (χ1v) is 13.9. The monoisotopic (exact) mass is 566 g/mol. The normalized spacial score (nSPS) is 15.3. The Morgan fingerprint density at radius 1 is 1.15 bits per heavy atom. The third-order valence-corrected chi connectivity index (χ3v) is 5.98. The Kier molecular flexibility index (Phi) is 15.7. The number of amides is 3. The zero-order valence-electron chi connectivity index (χ0n) is 24.7. The summed E-state index contributed by atoms with van der Waals surface area (Å²) in [5, 5.41) is 16.6. The minimum Gasteiger partial charge on any atom is -0.454 e. The largest absolute Gasteiger partial charge is 0.454 e. The number of carbonyl (C=O) groups is 5. The number of aliphatic hydroxyl groups excluding tert-OH is 1. The molecule has 11 nitrogen and oxygen atoms in total. The number of rotatable bonds is 13. The summed E-state index contributed by atoms with van der Waals surface area (Å²) in [5.74, 6) is -2.02. The molecule has 1 saturated heterocycles. The Labute approximate surface area is 240 Å². The van der Waals surface area contributed by atoms with Gasteiger partial charge in [-0.3, -0.25) is 24.2 Å². The predicted octanol–water partition coefficient (Wildman–Crippen LogP) is 2.57. The van der Waals surface area contributed by atoms with Gasteiger partial charge in [0.05, 0.1) is 23.8 Å². The molecule has 2 atom stereocenters. The van der Waals surface area contributed by atoms with Gasteiger partial charge in [0.15, 0.2) is 12.4 Å². The van der Waals surface area contributed by atoms with Crippen LogP contribution in [0.5, 0.6) is 0 Å². The number of aryl methyl sites for hydroxylation is 3. The molecule has 4 N–H and O–H groups in total. The molecule has 2 heterocycles. The molecular weight excluding hydrogens is 516 g/mol. The first-order chi connectivity index (χ1) is 18.8. The highest BCUT2D eigenvalue weighted by atomic mass is 16.5. The second-order valence-electron chi connectivity index (χ2n) is 10.8. The van der Waals surface area contributed by atoms with Crippen molar-refractivity contribution < 1.29 is 36.7 Å². The number of nitrogens with zero attached hydrogens (tertiary/aromatic N) is 1. The number of aliphatic hydroxyl groups is 1. The van der Waals surface area contributed by atoms with Crippen molar-refractivity contribution in [3.63, 3.8) is 0 Å². The van der Waals surface area contributed by atoms with Gasteiger partial charge in [0.25, 0.3) is 0 Å². The number of ether oxygens (including phenoxy) is 1. The van der Waals surface area contributed by atoms with Crippen LogP contribution in [0.3, 0.4) is 0 Å². The highest BCUT2D eigenvalue weighted by molar-refractivity contribution is 5.96. The topological polar surface area (TPSA) is 164 Å². The van der Waals surface area contributed by atoms with Gasteiger partial charge in [-0.25, -0.2) is 4.79 Å². The van der Waals surface area contributed by atoms with Crippen LogP contribution in [0.4, 0.5) is 0 Å². The molecule has 0 bridgehead atoms. The van der Waals surface area contributed by atoms with E-state index in [-0.39, 0.29) is 46.2 Å². The van der Waals surface area contributed by atoms with Crippen LogP contribution in [0.2, 0.25) is 0 Å². The summed E-state index contributed by atoms with van der Waals surface area (Å²) in [7, 11) is 0. The molecule has 1 aromatic heterocycles. The number of nitrogens with one attached hydrogen (secondary N) is 3. The van der Waals surface area contributed by atoms with E-state index < -0.39 is 36.2 Å². The van der Waals surface area contributed by atoms with E-state index in [0.29, 0.717) is 37.1 Å². The van der Waals surface area contributed by atoms with Gasteiger partial charge in [-0.1, -0.05) is 20.8 Å². The molecule has 11 heteroatoms. The molecule has 1 aliphatic rings. The quantitative estimate of drug-likeness (QED) is 0.209. The summed E-state index contributed by atoms with van der Waals surface area (Å²) in [4.78, 5) is 66.4. The lowest BCUT2D eigenvalue weighted by Crippen LogP contribution is -2.49. The molecule has 2 rings (SSSR count). The smallest absolute Gasteiger partial charge is 0.340 e. The lowest BCUT2D eigenvalue weighted by Gasteiger charge is -2.26. The van der Waals surface area contributed by atoms with Crippen LogP contribution in [0.25, 0.3) is 0 Å². The van der Waals surface area contributed by atoms with Crippen LogP contribution in [0.1, 0.15) is 89.5 Å². The SMILES string of the molecule is CC(C)C.Cc1cc(C)c(C(=O)OCC(=O)[C@H](C[C@@H]2CCCNC2=O)NC(=O)CNC(=O)CCCCO)c(C)n1.[HH].[HH]. The number of piperidine rings is 1. The van der Waals surface area contributed by atoms with Gasteiger partial charge < -0.3 is 25.8 Å². The lowest BCUT2D eigenvalue weighted by molar-refractivity contribution is -0.132. The summed E-state index contributed by atoms with van der Waals surface area (Å²) in [6, 6.07) is 0.678. The number of carbonyl (C=O) groups excluding carboxylic acids is 5. The molecule has 0 saturated carbocycles. The Morgan fingerprint density at radius 2 is 1.82 bits per heavy atom. The molecule has 40 heavy (non-hydrogen) atoms. The van der Waals surface area contributed by atoms with Crippen molar-refractivity contribution >= 4 is 29.5 Å². The number of aromatic nitrogens is 1. The Morgan fingerprint density at radius 3 is 2.42 bits per heavy atom. The van der Waals surface area contributed by atoms with Gasteiger partial charge in [0, 0.05) is 34.0 Å². The molecule has 0 aliphatic carbocycles. The van der Waals surface area contributed by atoms with Crippen LogP contribution >= 0.6 is 0 Å². The number of ketones is 1. The van der Waals surface area contributed by atoms with Gasteiger partial charge in [-0.15, -0.1) is 0 Å². The Hall–Kier alpha value is -3.34. The maximum atomic E-state index is 13.0. The van der Waals surface area contributed by atoms with E-state index in [1.165, 1.54) is 0 Å². The third-order valence-electron chi connectivity index (χ3n) is 5.98. The van der Waals surface area contributed by atoms with Gasteiger partial charge in [0.2, 0.25) is 17.7 Å². The molecule has 0 spiro atoms. The molecule has 3 amide bonds. The number of esters is 1. The molecule has 1 aromatic rings. The summed E-state index contributed by atoms with van der Waals surface area (Å²) < 4.78 is 5.25. The zero-order valence-corrected chi connectivity index (χ0v) is 24.7. The highest BCUT2D eigenvalue weighted by Gasteiger charge is 2.31. The predicted molar refractivity (Wildman–Crippen MR) is 155 cm³/mol. The first kappa shape index (κ1) is 34.7. The number of hydrogen-bond donors (Lipinski definition) is 4. The van der Waals surface area contributed by atoms with Crippen molar-refractivity contribution in [3.05, 3.63) is 28.6 Å². The molecule has 0 radical (unpaired) electrons. The van der Waals surface area contributed by atoms with Crippen LogP contribution in [-0.4, -0.2) is 71.9 Å². The second-order valence-corrected chi connectivity index (χ2v) is 10.8. The Bertz CT molecular complexity index is 1010. The maximum absolute atomic E-state index is 13.0. The molecular formula is C29H50N4O7. The number of Topliss-reactive ketones (excluding diaryl/α,β-unsaturated/α-hetero) is 1. The standard InChI is InChI=1S/C25H36N4O7.C4H10.2H2/c1-15-11-16(2)28-17(3)23(15)25(35)36-14-20(31)19(12-18-7-6-9-26-24(18)34)29-22(33)13-27-21(32)8-4-5-10-30;1-4(2)3;;/h11,18-19,30H,4-10,12-14H2,1-3H3,(H,26,34)(H,27,32)(H,29,33);4H,1-3H3;2*1H/t18-,19-;;;/m0.../s1. The van der Waals surface area contributed by atoms with E-state index in [2.05, 4.69) is 41.7 Å². The molecule has 1 fully saturated rings. The van der Waals surface area contributed by atoms with Crippen molar-refractivity contribution in [2.45, 2.75) is 86.1 Å². The zero-order chi connectivity index (χ0) is 30.2. The van der Waals surface area contributed by atoms with Gasteiger partial charge in [0.1, 0.15) is 0 Å². The fourth-order valence-corrected chi connectivity index (χ4v) is 4.17. The molecule has 1 aliphatic heterocycles. The van der Waals surface area contributed by atoms with E-state index >= 15 is 0 Å². The van der Waals surface area contributed by atoms with Crippen LogP contribution < -0.4 is 16.0 Å². The van der Waals surface area contributed by atoms with Crippen molar-refractivity contribution in [3.8, 4) is 0 Å². The average Bonchev–Trinajstić information content (AvgIpc) is 2.86. The number of pyridine rings is 1. The van der Waals surface area contributed by atoms with E-state index in [0.717, 1.165) is 18.0 Å². The molecule has 0 aromatic carbocycles. The molecule has 228 valence electrons. The van der Waals surface area contributed by atoms with Crippen LogP contribution in [0.15, 0.2) is 6.07 Å². The third kappa shape index (κ3) is 13.1. The van der Waals surface area contributed by atoms with Crippen molar-refractivity contribution in [1.29, 1.82) is 0 Å². The van der Waals surface area contributed by atoms with E-state index in [1.54, 1.807) is 19.9 Å². The van der Waals surface area contributed by atoms with Gasteiger partial charge in [-0.2, -0.15) is 0 Å². The summed E-state index contributed by atoms with van der Waals surface area (Å²) >= 11 is 0. The minimum atomic E-state index is -1.07. The van der Waals surface area contributed by atoms with Crippen LogP contribution in [0, 0.1) is 32.6 Å². The number of unbranched alkanes of at least 4 members (excludes halogenated alkanes) is 1. The molecule has 0 unspecified atom stereocenters. The van der Waals surface area contributed by atoms with Gasteiger partial charge in [-0.05, 0) is 70.4 Å². The highest BCUT2D eigenvalue weighted by Crippen LogP contribution is 2.19. The second kappa shape index (κ2) is 18.1. The summed E-state index contributed by atoms with van der Waals surface area (Å²) in [6.45, 7) is 11.4. The Balaban J connectivity index is 0. The maximum Gasteiger partial charge on any atom is 0.340 e. The van der Waals surface area contributed by atoms with Crippen LogP contribution in [-0.2, 0) is 23.9 Å². The van der Waals surface area contributed by atoms with Crippen molar-refractivity contribution in [1.82, 2.24) is 20.9 Å². The lowest BCUT2D eigenvalue weighted by atomic mass is 9.90. The fourth-order valence-electron chi connectivity index (χ4n) is 4.17. The average molecular weight is 567 g/mol. The van der Waals surface area contributed by atoms with E-state index in [1.807, 2.05) is 6.92 Å². The first-order valence-electron chi connectivity index (χ1n) is 13.9. The van der Waals surface area contributed by atoms with Crippen molar-refractivity contribution in [2.75, 3.05) is 26.3 Å². The van der Waals surface area contributed by atoms with Crippen molar-refractivity contribution in [2.24, 2.45) is 11.8 Å². The van der Waals surface area contributed by atoms with E-state index in [4.69, 9.17) is 9.84 Å². The fraction of sp³-hybridized carbons (Fsp3) is 0.655.